The van der Waals surface area contributed by atoms with Gasteiger partial charge in [-0.15, -0.1) is 11.3 Å². The lowest BCUT2D eigenvalue weighted by Crippen LogP contribution is -2.55. The molecule has 13 heteroatoms. The fourth-order valence-electron chi connectivity index (χ4n) is 4.96. The normalized spacial score (nSPS) is 17.3. The number of hydrogen-bond donors (Lipinski definition) is 4. The van der Waals surface area contributed by atoms with Crippen LogP contribution in [-0.4, -0.2) is 59.6 Å². The quantitative estimate of drug-likeness (QED) is 0.233. The number of nitrogens with two attached hydrogens (primary N) is 1. The molecule has 1 fully saturated rings. The zero-order valence-corrected chi connectivity index (χ0v) is 24.3. The van der Waals surface area contributed by atoms with Crippen LogP contribution in [0.4, 0.5) is 11.4 Å². The van der Waals surface area contributed by atoms with E-state index in [2.05, 4.69) is 5.32 Å². The lowest BCUT2D eigenvalue weighted by molar-refractivity contribution is -0.139. The lowest BCUT2D eigenvalue weighted by Gasteiger charge is -2.45. The Bertz CT molecular complexity index is 1540. The number of benzene rings is 2. The molecule has 3 aromatic rings. The first-order chi connectivity index (χ1) is 18.8. The molecule has 1 saturated heterocycles. The van der Waals surface area contributed by atoms with Gasteiger partial charge < -0.3 is 26.0 Å². The van der Waals surface area contributed by atoms with Crippen LogP contribution in [0.2, 0.25) is 5.02 Å². The first-order valence-electron chi connectivity index (χ1n) is 12.4. The van der Waals surface area contributed by atoms with Gasteiger partial charge in [0, 0.05) is 29.5 Å². The number of hydrogen-bond acceptors (Lipinski definition) is 8. The van der Waals surface area contributed by atoms with Crippen molar-refractivity contribution in [1.29, 1.82) is 0 Å². The minimum Gasteiger partial charge on any atom is -0.479 e. The molecular weight excluding hydrogens is 578 g/mol. The number of sulfonamides is 1. The second-order valence-electron chi connectivity index (χ2n) is 10.2. The molecule has 214 valence electrons. The van der Waals surface area contributed by atoms with Crippen molar-refractivity contribution in [3.63, 3.8) is 0 Å². The number of rotatable bonds is 10. The van der Waals surface area contributed by atoms with E-state index in [1.807, 2.05) is 26.0 Å². The van der Waals surface area contributed by atoms with E-state index < -0.39 is 34.1 Å². The number of aromatic carboxylic acids is 1. The SMILES string of the molecule is CC1(C)CC(Nc2cccc(-c3sc(C(=O)O)c(OCC(=O)O)c3Cl)c2)CCN1S(=O)(=O)Cc1cccc(N)c1. The fourth-order valence-corrected chi connectivity index (χ4v) is 8.33. The Morgan fingerprint density at radius 1 is 1.20 bits per heavy atom. The molecular formula is C27H30ClN3O7S2. The first-order valence-corrected chi connectivity index (χ1v) is 15.2. The highest BCUT2D eigenvalue weighted by molar-refractivity contribution is 7.88. The molecule has 0 aliphatic carbocycles. The predicted molar refractivity (Wildman–Crippen MR) is 156 cm³/mol. The van der Waals surface area contributed by atoms with Gasteiger partial charge in [0.1, 0.15) is 5.02 Å². The maximum absolute atomic E-state index is 13.3. The van der Waals surface area contributed by atoms with Crippen LogP contribution in [0.3, 0.4) is 0 Å². The van der Waals surface area contributed by atoms with Gasteiger partial charge >= 0.3 is 11.9 Å². The van der Waals surface area contributed by atoms with Crippen LogP contribution in [0.15, 0.2) is 48.5 Å². The molecule has 0 amide bonds. The van der Waals surface area contributed by atoms with Gasteiger partial charge in [-0.3, -0.25) is 0 Å². The van der Waals surface area contributed by atoms with Crippen LogP contribution in [0.1, 0.15) is 41.9 Å². The van der Waals surface area contributed by atoms with Crippen LogP contribution in [0.5, 0.6) is 5.75 Å². The minimum absolute atomic E-state index is 0.0214. The van der Waals surface area contributed by atoms with Crippen molar-refractivity contribution >= 4 is 56.3 Å². The molecule has 0 saturated carbocycles. The third-order valence-corrected chi connectivity index (χ3v) is 10.3. The van der Waals surface area contributed by atoms with Gasteiger partial charge in [-0.25, -0.2) is 18.0 Å². The van der Waals surface area contributed by atoms with Crippen LogP contribution in [0, 0.1) is 0 Å². The summed E-state index contributed by atoms with van der Waals surface area (Å²) in [4.78, 5) is 22.9. The van der Waals surface area contributed by atoms with E-state index in [0.717, 1.165) is 17.0 Å². The molecule has 4 rings (SSSR count). The number of nitrogen functional groups attached to an aromatic ring is 1. The summed E-state index contributed by atoms with van der Waals surface area (Å²) >= 11 is 7.34. The third-order valence-electron chi connectivity index (χ3n) is 6.58. The molecule has 2 aromatic carbocycles. The molecule has 0 bridgehead atoms. The maximum Gasteiger partial charge on any atom is 0.349 e. The second-order valence-corrected chi connectivity index (χ2v) is 13.5. The van der Waals surface area contributed by atoms with Crippen LogP contribution in [0.25, 0.3) is 10.4 Å². The van der Waals surface area contributed by atoms with Crippen LogP contribution >= 0.6 is 22.9 Å². The van der Waals surface area contributed by atoms with Crippen molar-refractivity contribution in [2.45, 2.75) is 44.0 Å². The molecule has 1 atom stereocenters. The summed E-state index contributed by atoms with van der Waals surface area (Å²) in [6, 6.07) is 14.1. The Hall–Kier alpha value is -3.32. The average molecular weight is 608 g/mol. The van der Waals surface area contributed by atoms with E-state index in [0.29, 0.717) is 41.1 Å². The number of ether oxygens (including phenoxy) is 1. The monoisotopic (exact) mass is 607 g/mol. The summed E-state index contributed by atoms with van der Waals surface area (Å²) in [5.74, 6) is -2.83. The number of halogens is 1. The standard InChI is InChI=1S/C27H30ClN3O7S2/c1-27(2)13-20(9-10-31(27)40(36,37)15-16-5-3-7-18(29)11-16)30-19-8-4-6-17(12-19)24-22(28)23(38-14-21(32)33)25(39-24)26(34)35/h3-8,11-12,20,30H,9-10,13-15,29H2,1-2H3,(H,32,33)(H,34,35). The summed E-state index contributed by atoms with van der Waals surface area (Å²) in [7, 11) is -3.58. The van der Waals surface area contributed by atoms with E-state index in [4.69, 9.17) is 27.2 Å². The third kappa shape index (κ3) is 6.69. The Morgan fingerprint density at radius 3 is 2.58 bits per heavy atom. The van der Waals surface area contributed by atoms with Crippen molar-refractivity contribution in [1.82, 2.24) is 4.31 Å². The lowest BCUT2D eigenvalue weighted by atomic mass is 9.89. The summed E-state index contributed by atoms with van der Waals surface area (Å²) in [6.45, 7) is 3.44. The minimum atomic E-state index is -3.58. The van der Waals surface area contributed by atoms with Crippen molar-refractivity contribution < 1.29 is 33.0 Å². The van der Waals surface area contributed by atoms with Crippen molar-refractivity contribution in [2.75, 3.05) is 24.2 Å². The Morgan fingerprint density at radius 2 is 1.93 bits per heavy atom. The average Bonchev–Trinajstić information content (AvgIpc) is 3.18. The second kappa shape index (κ2) is 11.7. The van der Waals surface area contributed by atoms with E-state index in [9.17, 15) is 23.1 Å². The molecule has 5 N–H and O–H groups in total. The number of piperidine rings is 1. The molecule has 1 aliphatic rings. The Labute approximate surface area is 241 Å². The van der Waals surface area contributed by atoms with Gasteiger partial charge in [0.15, 0.2) is 17.2 Å². The Balaban J connectivity index is 1.50. The van der Waals surface area contributed by atoms with E-state index in [1.165, 1.54) is 0 Å². The molecule has 40 heavy (non-hydrogen) atoms. The molecule has 0 spiro atoms. The maximum atomic E-state index is 13.3. The van der Waals surface area contributed by atoms with E-state index in [1.54, 1.807) is 40.7 Å². The largest absolute Gasteiger partial charge is 0.479 e. The number of aliphatic carboxylic acids is 1. The highest BCUT2D eigenvalue weighted by Crippen LogP contribution is 2.46. The first kappa shape index (κ1) is 29.7. The number of anilines is 2. The number of carbonyl (C=O) groups is 2. The summed E-state index contributed by atoms with van der Waals surface area (Å²) in [5, 5.41) is 22.0. The molecule has 0 radical (unpaired) electrons. The van der Waals surface area contributed by atoms with Crippen LogP contribution in [-0.2, 0) is 20.6 Å². The van der Waals surface area contributed by atoms with E-state index in [-0.39, 0.29) is 27.4 Å². The van der Waals surface area contributed by atoms with Crippen molar-refractivity contribution in [3.05, 3.63) is 64.0 Å². The smallest absolute Gasteiger partial charge is 0.349 e. The molecule has 2 heterocycles. The predicted octanol–water partition coefficient (Wildman–Crippen LogP) is 5.00. The fraction of sp³-hybridized carbons (Fsp3) is 0.333. The molecule has 1 aliphatic heterocycles. The van der Waals surface area contributed by atoms with Gasteiger partial charge in [-0.05, 0) is 62.1 Å². The van der Waals surface area contributed by atoms with Gasteiger partial charge in [0.25, 0.3) is 0 Å². The summed E-state index contributed by atoms with van der Waals surface area (Å²) in [5.41, 5.74) is 7.73. The highest BCUT2D eigenvalue weighted by atomic mass is 35.5. The molecule has 10 nitrogen and oxygen atoms in total. The zero-order valence-electron chi connectivity index (χ0n) is 21.9. The number of carboxylic acids is 2. The number of carboxylic acid groups (broad SMARTS) is 2. The van der Waals surface area contributed by atoms with Crippen molar-refractivity contribution in [2.24, 2.45) is 0 Å². The number of nitrogens with one attached hydrogen (secondary N) is 1. The van der Waals surface area contributed by atoms with Gasteiger partial charge in [0.05, 0.1) is 10.6 Å². The van der Waals surface area contributed by atoms with Gasteiger partial charge in [0.2, 0.25) is 10.0 Å². The highest BCUT2D eigenvalue weighted by Gasteiger charge is 2.41. The number of thiophene rings is 1. The van der Waals surface area contributed by atoms with Crippen molar-refractivity contribution in [3.8, 4) is 16.2 Å². The van der Waals surface area contributed by atoms with Crippen LogP contribution < -0.4 is 15.8 Å². The Kier molecular flexibility index (Phi) is 8.64. The molecule has 1 unspecified atom stereocenters. The summed E-state index contributed by atoms with van der Waals surface area (Å²) in [6.07, 6.45) is 1.14. The number of nitrogens with zero attached hydrogens (tertiary/aromatic N) is 1. The summed E-state index contributed by atoms with van der Waals surface area (Å²) < 4.78 is 33.4. The zero-order chi connectivity index (χ0) is 29.2. The van der Waals surface area contributed by atoms with E-state index >= 15 is 0 Å². The van der Waals surface area contributed by atoms with Gasteiger partial charge in [-0.2, -0.15) is 4.31 Å². The molecule has 1 aromatic heterocycles. The topological polar surface area (TPSA) is 159 Å². The van der Waals surface area contributed by atoms with Gasteiger partial charge in [-0.1, -0.05) is 35.9 Å².